The normalized spacial score (nSPS) is 33.6. The number of nitrogens with zero attached hydrogens (tertiary/aromatic N) is 3. The van der Waals surface area contributed by atoms with Crippen molar-refractivity contribution in [3.8, 4) is 0 Å². The first-order valence-corrected chi connectivity index (χ1v) is 10.0. The third-order valence-electron chi connectivity index (χ3n) is 6.74. The van der Waals surface area contributed by atoms with Crippen LogP contribution in [0.4, 0.5) is 0 Å². The second kappa shape index (κ2) is 6.54. The molecule has 25 heavy (non-hydrogen) atoms. The Morgan fingerprint density at radius 3 is 2.60 bits per heavy atom. The van der Waals surface area contributed by atoms with Gasteiger partial charge in [0, 0.05) is 70.2 Å². The van der Waals surface area contributed by atoms with Crippen LogP contribution < -0.4 is 5.32 Å². The molecule has 2 atom stereocenters. The fourth-order valence-corrected chi connectivity index (χ4v) is 4.95. The molecule has 1 N–H and O–H groups in total. The molecule has 0 radical (unpaired) electrons. The molecule has 0 unspecified atom stereocenters. The van der Waals surface area contributed by atoms with Crippen molar-refractivity contribution in [3.63, 3.8) is 0 Å². The Labute approximate surface area is 150 Å². The Kier molecular flexibility index (Phi) is 4.52. The van der Waals surface area contributed by atoms with Gasteiger partial charge in [-0.05, 0) is 33.1 Å². The number of carbonyl (C=O) groups excluding carboxylic acids is 2. The molecule has 1 saturated carbocycles. The summed E-state index contributed by atoms with van der Waals surface area (Å²) in [5.41, 5.74) is -0.377. The van der Waals surface area contributed by atoms with Crippen molar-refractivity contribution in [1.29, 1.82) is 0 Å². The quantitative estimate of drug-likeness (QED) is 0.802. The predicted octanol–water partition coefficient (Wildman–Crippen LogP) is 0.387. The number of hydrogen-bond acceptors (Lipinski definition) is 4. The summed E-state index contributed by atoms with van der Waals surface area (Å²) in [6.45, 7) is 11.2. The fourth-order valence-electron chi connectivity index (χ4n) is 4.95. The summed E-state index contributed by atoms with van der Waals surface area (Å²) in [4.78, 5) is 32.6. The summed E-state index contributed by atoms with van der Waals surface area (Å²) < 4.78 is 0. The lowest BCUT2D eigenvalue weighted by atomic mass is 9.79. The third-order valence-corrected chi connectivity index (χ3v) is 6.74. The highest BCUT2D eigenvalue weighted by atomic mass is 16.2. The zero-order valence-electron chi connectivity index (χ0n) is 15.7. The van der Waals surface area contributed by atoms with Crippen LogP contribution in [0.2, 0.25) is 0 Å². The van der Waals surface area contributed by atoms with Crippen molar-refractivity contribution < 1.29 is 9.59 Å². The van der Waals surface area contributed by atoms with E-state index in [4.69, 9.17) is 0 Å². The summed E-state index contributed by atoms with van der Waals surface area (Å²) in [5.74, 6) is 1.12. The van der Waals surface area contributed by atoms with Crippen LogP contribution in [0.3, 0.4) is 0 Å². The van der Waals surface area contributed by atoms with E-state index in [0.29, 0.717) is 24.4 Å². The summed E-state index contributed by atoms with van der Waals surface area (Å²) in [6.07, 6.45) is 3.12. The molecule has 0 aromatic heterocycles. The first kappa shape index (κ1) is 17.3. The van der Waals surface area contributed by atoms with Gasteiger partial charge in [-0.3, -0.25) is 14.5 Å². The van der Waals surface area contributed by atoms with Crippen molar-refractivity contribution in [2.24, 2.45) is 17.3 Å². The van der Waals surface area contributed by atoms with Crippen LogP contribution in [0.15, 0.2) is 0 Å². The second-order valence-electron chi connectivity index (χ2n) is 8.75. The van der Waals surface area contributed by atoms with E-state index in [1.165, 1.54) is 0 Å². The highest BCUT2D eigenvalue weighted by molar-refractivity contribution is 5.87. The number of fused-ring (bicyclic) bond motifs is 1. The van der Waals surface area contributed by atoms with Crippen LogP contribution in [-0.4, -0.2) is 84.9 Å². The Morgan fingerprint density at radius 2 is 1.88 bits per heavy atom. The summed E-state index contributed by atoms with van der Waals surface area (Å²) >= 11 is 0. The number of rotatable bonds is 3. The maximum atomic E-state index is 13.5. The van der Waals surface area contributed by atoms with Crippen LogP contribution in [0.25, 0.3) is 0 Å². The highest BCUT2D eigenvalue weighted by Crippen LogP contribution is 2.43. The summed E-state index contributed by atoms with van der Waals surface area (Å²) in [5, 5.41) is 3.44. The lowest BCUT2D eigenvalue weighted by Crippen LogP contribution is -2.50. The minimum Gasteiger partial charge on any atom is -0.341 e. The molecule has 3 heterocycles. The van der Waals surface area contributed by atoms with Gasteiger partial charge in [-0.25, -0.2) is 0 Å². The van der Waals surface area contributed by atoms with E-state index in [0.717, 1.165) is 65.1 Å². The Hall–Kier alpha value is -1.14. The van der Waals surface area contributed by atoms with Crippen molar-refractivity contribution in [3.05, 3.63) is 0 Å². The third kappa shape index (κ3) is 3.08. The van der Waals surface area contributed by atoms with E-state index in [-0.39, 0.29) is 17.3 Å². The molecule has 140 valence electrons. The van der Waals surface area contributed by atoms with Gasteiger partial charge in [0.15, 0.2) is 0 Å². The van der Waals surface area contributed by atoms with Gasteiger partial charge in [0.2, 0.25) is 11.8 Å². The number of hydrogen-bond donors (Lipinski definition) is 1. The Morgan fingerprint density at radius 1 is 1.08 bits per heavy atom. The van der Waals surface area contributed by atoms with E-state index in [1.54, 1.807) is 0 Å². The van der Waals surface area contributed by atoms with Gasteiger partial charge in [0.05, 0.1) is 5.41 Å². The maximum Gasteiger partial charge on any atom is 0.232 e. The first-order chi connectivity index (χ1) is 12.0. The SMILES string of the molecule is CC(C)N1CCCN(C(=O)[C@@]23CNC[C@@H]2CN(C(=O)C2CC2)C3)CC1. The average molecular weight is 348 g/mol. The molecule has 4 rings (SSSR count). The van der Waals surface area contributed by atoms with Crippen molar-refractivity contribution >= 4 is 11.8 Å². The number of nitrogens with one attached hydrogen (secondary N) is 1. The van der Waals surface area contributed by atoms with Crippen LogP contribution >= 0.6 is 0 Å². The van der Waals surface area contributed by atoms with E-state index in [9.17, 15) is 9.59 Å². The van der Waals surface area contributed by atoms with Gasteiger partial charge in [-0.15, -0.1) is 0 Å². The zero-order valence-corrected chi connectivity index (χ0v) is 15.7. The monoisotopic (exact) mass is 348 g/mol. The lowest BCUT2D eigenvalue weighted by Gasteiger charge is -2.33. The molecule has 6 nitrogen and oxygen atoms in total. The Balaban J connectivity index is 1.47. The van der Waals surface area contributed by atoms with Crippen molar-refractivity contribution in [2.75, 3.05) is 52.4 Å². The minimum absolute atomic E-state index is 0.247. The molecule has 4 aliphatic rings. The topological polar surface area (TPSA) is 55.9 Å². The van der Waals surface area contributed by atoms with Gasteiger partial charge in [-0.2, -0.15) is 0 Å². The zero-order chi connectivity index (χ0) is 17.6. The summed E-state index contributed by atoms with van der Waals surface area (Å²) in [7, 11) is 0. The van der Waals surface area contributed by atoms with Gasteiger partial charge in [-0.1, -0.05) is 0 Å². The molecule has 3 aliphatic heterocycles. The van der Waals surface area contributed by atoms with Crippen molar-refractivity contribution in [1.82, 2.24) is 20.0 Å². The number of carbonyl (C=O) groups is 2. The second-order valence-corrected chi connectivity index (χ2v) is 8.75. The van der Waals surface area contributed by atoms with E-state index in [2.05, 4.69) is 29.0 Å². The molecule has 2 amide bonds. The van der Waals surface area contributed by atoms with E-state index >= 15 is 0 Å². The molecular weight excluding hydrogens is 316 g/mol. The molecule has 0 spiro atoms. The average Bonchev–Trinajstić information content (AvgIpc) is 3.30. The van der Waals surface area contributed by atoms with Crippen LogP contribution in [0.5, 0.6) is 0 Å². The summed E-state index contributed by atoms with van der Waals surface area (Å²) in [6, 6.07) is 0.534. The van der Waals surface area contributed by atoms with Gasteiger partial charge in [0.25, 0.3) is 0 Å². The largest absolute Gasteiger partial charge is 0.341 e. The molecular formula is C19H32N4O2. The fraction of sp³-hybridized carbons (Fsp3) is 0.895. The molecule has 4 fully saturated rings. The molecule has 0 aromatic carbocycles. The van der Waals surface area contributed by atoms with Gasteiger partial charge < -0.3 is 15.1 Å². The maximum absolute atomic E-state index is 13.5. The van der Waals surface area contributed by atoms with Gasteiger partial charge in [0.1, 0.15) is 0 Å². The van der Waals surface area contributed by atoms with Gasteiger partial charge >= 0.3 is 0 Å². The van der Waals surface area contributed by atoms with E-state index in [1.807, 2.05) is 4.90 Å². The number of likely N-dealkylation sites (tertiary alicyclic amines) is 1. The smallest absolute Gasteiger partial charge is 0.232 e. The predicted molar refractivity (Wildman–Crippen MR) is 96.0 cm³/mol. The standard InChI is InChI=1S/C19H32N4O2/c1-14(2)21-6-3-7-22(9-8-21)18(25)19-12-20-10-16(19)11-23(13-19)17(24)15-4-5-15/h14-16,20H,3-13H2,1-2H3/t16-,19-/m1/s1. The molecule has 1 aliphatic carbocycles. The minimum atomic E-state index is -0.377. The molecule has 0 bridgehead atoms. The van der Waals surface area contributed by atoms with Crippen molar-refractivity contribution in [2.45, 2.75) is 39.2 Å². The van der Waals surface area contributed by atoms with Crippen LogP contribution in [0, 0.1) is 17.3 Å². The van der Waals surface area contributed by atoms with Crippen LogP contribution in [0.1, 0.15) is 33.1 Å². The first-order valence-electron chi connectivity index (χ1n) is 10.0. The van der Waals surface area contributed by atoms with E-state index < -0.39 is 0 Å². The Bertz CT molecular complexity index is 548. The molecule has 6 heteroatoms. The van der Waals surface area contributed by atoms with Crippen LogP contribution in [-0.2, 0) is 9.59 Å². The highest BCUT2D eigenvalue weighted by Gasteiger charge is 2.57. The number of amides is 2. The molecule has 0 aromatic rings. The lowest BCUT2D eigenvalue weighted by molar-refractivity contribution is -0.142. The molecule has 3 saturated heterocycles.